The normalized spacial score (nSPS) is 12.2. The van der Waals surface area contributed by atoms with Gasteiger partial charge in [-0.05, 0) is 11.5 Å². The van der Waals surface area contributed by atoms with Gasteiger partial charge in [0, 0.05) is 24.7 Å². The molecule has 0 radical (unpaired) electrons. The van der Waals surface area contributed by atoms with Gasteiger partial charge in [-0.3, -0.25) is 14.9 Å². The zero-order valence-corrected chi connectivity index (χ0v) is 12.0. The molecule has 0 aliphatic carbocycles. The molecule has 0 spiro atoms. The maximum atomic E-state index is 11.3. The number of non-ortho nitro benzene ring substituents is 1. The van der Waals surface area contributed by atoms with Crippen molar-refractivity contribution in [1.29, 1.82) is 0 Å². The maximum absolute atomic E-state index is 11.3. The highest BCUT2D eigenvalue weighted by Crippen LogP contribution is 2.13. The van der Waals surface area contributed by atoms with E-state index in [1.165, 1.54) is 19.2 Å². The number of esters is 1. The average Bonchev–Trinajstić information content (AvgIpc) is 2.43. The second-order valence-corrected chi connectivity index (χ2v) is 4.94. The molecule has 0 fully saturated rings. The first-order chi connectivity index (χ1) is 9.43. The quantitative estimate of drug-likeness (QED) is 0.470. The monoisotopic (exact) mass is 280 g/mol. The van der Waals surface area contributed by atoms with Gasteiger partial charge in [0.1, 0.15) is 0 Å². The molecule has 0 amide bonds. The van der Waals surface area contributed by atoms with Gasteiger partial charge in [-0.15, -0.1) is 0 Å². The Kier molecular flexibility index (Phi) is 6.11. The number of benzene rings is 1. The van der Waals surface area contributed by atoms with E-state index >= 15 is 0 Å². The molecule has 0 aromatic heterocycles. The molecule has 110 valence electrons. The molecule has 1 unspecified atom stereocenters. The lowest BCUT2D eigenvalue weighted by Crippen LogP contribution is -2.35. The smallest absolute Gasteiger partial charge is 0.307 e. The third-order valence-corrected chi connectivity index (χ3v) is 3.13. The van der Waals surface area contributed by atoms with E-state index in [-0.39, 0.29) is 23.6 Å². The van der Waals surface area contributed by atoms with E-state index in [2.05, 4.69) is 10.1 Å². The molecule has 6 nitrogen and oxygen atoms in total. The highest BCUT2D eigenvalue weighted by molar-refractivity contribution is 5.69. The van der Waals surface area contributed by atoms with E-state index in [1.807, 2.05) is 13.8 Å². The number of nitro groups is 1. The van der Waals surface area contributed by atoms with E-state index in [1.54, 1.807) is 12.1 Å². The van der Waals surface area contributed by atoms with E-state index < -0.39 is 4.92 Å². The summed E-state index contributed by atoms with van der Waals surface area (Å²) in [6.07, 6.45) is 0.307. The Balaban J connectivity index is 2.58. The predicted molar refractivity (Wildman–Crippen MR) is 75.2 cm³/mol. The minimum absolute atomic E-state index is 0.0117. The molecule has 0 aliphatic heterocycles. The second-order valence-electron chi connectivity index (χ2n) is 4.94. The number of methoxy groups -OCH3 is 1. The van der Waals surface area contributed by atoms with Crippen molar-refractivity contribution in [1.82, 2.24) is 5.32 Å². The van der Waals surface area contributed by atoms with Gasteiger partial charge in [0.15, 0.2) is 0 Å². The van der Waals surface area contributed by atoms with Crippen molar-refractivity contribution in [3.8, 4) is 0 Å². The van der Waals surface area contributed by atoms with Crippen LogP contribution in [0.3, 0.4) is 0 Å². The van der Waals surface area contributed by atoms with Crippen LogP contribution < -0.4 is 5.32 Å². The number of ether oxygens (including phenoxy) is 1. The van der Waals surface area contributed by atoms with Crippen molar-refractivity contribution in [2.75, 3.05) is 7.11 Å². The molecule has 1 aromatic rings. The van der Waals surface area contributed by atoms with Crippen LogP contribution in [0.15, 0.2) is 24.3 Å². The summed E-state index contributed by atoms with van der Waals surface area (Å²) in [6, 6.07) is 6.38. The van der Waals surface area contributed by atoms with Gasteiger partial charge in [0.05, 0.1) is 18.5 Å². The highest BCUT2D eigenvalue weighted by atomic mass is 16.6. The average molecular weight is 280 g/mol. The number of nitrogens with one attached hydrogen (secondary N) is 1. The number of hydrogen-bond donors (Lipinski definition) is 1. The number of carbonyl (C=O) groups is 1. The highest BCUT2D eigenvalue weighted by Gasteiger charge is 2.17. The van der Waals surface area contributed by atoms with Crippen LogP contribution in [0.5, 0.6) is 0 Å². The van der Waals surface area contributed by atoms with Crippen molar-refractivity contribution in [3.63, 3.8) is 0 Å². The number of nitro benzene ring substituents is 1. The van der Waals surface area contributed by atoms with Gasteiger partial charge < -0.3 is 10.1 Å². The number of rotatable bonds is 7. The van der Waals surface area contributed by atoms with Crippen LogP contribution >= 0.6 is 0 Å². The van der Waals surface area contributed by atoms with Crippen LogP contribution in [-0.2, 0) is 16.1 Å². The fourth-order valence-corrected chi connectivity index (χ4v) is 1.79. The minimum Gasteiger partial charge on any atom is -0.469 e. The van der Waals surface area contributed by atoms with E-state index in [0.717, 1.165) is 5.56 Å². The Bertz CT molecular complexity index is 457. The van der Waals surface area contributed by atoms with Crippen LogP contribution in [0, 0.1) is 16.0 Å². The first kappa shape index (κ1) is 16.1. The summed E-state index contributed by atoms with van der Waals surface area (Å²) in [4.78, 5) is 21.5. The number of carbonyl (C=O) groups excluding carboxylic acids is 1. The minimum atomic E-state index is -0.425. The summed E-state index contributed by atoms with van der Waals surface area (Å²) in [6.45, 7) is 4.60. The Hall–Kier alpha value is -1.95. The van der Waals surface area contributed by atoms with Crippen molar-refractivity contribution < 1.29 is 14.5 Å². The number of hydrogen-bond acceptors (Lipinski definition) is 5. The van der Waals surface area contributed by atoms with Crippen LogP contribution in [0.25, 0.3) is 0 Å². The third-order valence-electron chi connectivity index (χ3n) is 3.13. The van der Waals surface area contributed by atoms with Crippen LogP contribution in [0.4, 0.5) is 5.69 Å². The largest absolute Gasteiger partial charge is 0.469 e. The van der Waals surface area contributed by atoms with Crippen molar-refractivity contribution in [2.24, 2.45) is 5.92 Å². The second kappa shape index (κ2) is 7.59. The van der Waals surface area contributed by atoms with Crippen molar-refractivity contribution in [3.05, 3.63) is 39.9 Å². The lowest BCUT2D eigenvalue weighted by Gasteiger charge is -2.21. The van der Waals surface area contributed by atoms with Gasteiger partial charge in [-0.25, -0.2) is 0 Å². The standard InChI is InChI=1S/C14H20N2O4/c1-10(2)13(8-14(17)20-3)15-9-11-4-6-12(7-5-11)16(18)19/h4-7,10,13,15H,8-9H2,1-3H3. The maximum Gasteiger partial charge on any atom is 0.307 e. The van der Waals surface area contributed by atoms with E-state index in [0.29, 0.717) is 13.0 Å². The number of nitrogens with zero attached hydrogens (tertiary/aromatic N) is 1. The van der Waals surface area contributed by atoms with Gasteiger partial charge >= 0.3 is 5.97 Å². The summed E-state index contributed by atoms with van der Waals surface area (Å²) < 4.78 is 4.67. The molecule has 20 heavy (non-hydrogen) atoms. The van der Waals surface area contributed by atoms with Crippen LogP contribution in [0.1, 0.15) is 25.8 Å². The lowest BCUT2D eigenvalue weighted by atomic mass is 10.0. The fourth-order valence-electron chi connectivity index (χ4n) is 1.79. The Morgan fingerprint density at radius 3 is 2.40 bits per heavy atom. The molecular formula is C14H20N2O4. The van der Waals surface area contributed by atoms with Gasteiger partial charge in [-0.2, -0.15) is 0 Å². The first-order valence-electron chi connectivity index (χ1n) is 6.47. The van der Waals surface area contributed by atoms with Crippen LogP contribution in [-0.4, -0.2) is 24.0 Å². The summed E-state index contributed by atoms with van der Waals surface area (Å²) in [5.41, 5.74) is 1.01. The molecular weight excluding hydrogens is 260 g/mol. The van der Waals surface area contributed by atoms with Crippen molar-refractivity contribution >= 4 is 11.7 Å². The van der Waals surface area contributed by atoms with Gasteiger partial charge in [0.2, 0.25) is 0 Å². The van der Waals surface area contributed by atoms with Crippen molar-refractivity contribution in [2.45, 2.75) is 32.9 Å². The molecule has 0 saturated heterocycles. The first-order valence-corrected chi connectivity index (χ1v) is 6.47. The topological polar surface area (TPSA) is 81.5 Å². The molecule has 1 rings (SSSR count). The van der Waals surface area contributed by atoms with Gasteiger partial charge in [0.25, 0.3) is 5.69 Å². The zero-order chi connectivity index (χ0) is 15.1. The molecule has 0 saturated carbocycles. The molecule has 6 heteroatoms. The Morgan fingerprint density at radius 1 is 1.35 bits per heavy atom. The summed E-state index contributed by atoms with van der Waals surface area (Å²) in [7, 11) is 1.37. The third kappa shape index (κ3) is 4.97. The predicted octanol–water partition coefficient (Wildman–Crippen LogP) is 2.27. The molecule has 1 N–H and O–H groups in total. The molecule has 0 aliphatic rings. The summed E-state index contributed by atoms with van der Waals surface area (Å²) in [5, 5.41) is 13.8. The molecule has 1 atom stereocenters. The summed E-state index contributed by atoms with van der Waals surface area (Å²) in [5.74, 6) is 0.0343. The summed E-state index contributed by atoms with van der Waals surface area (Å²) >= 11 is 0. The molecule has 1 aromatic carbocycles. The van der Waals surface area contributed by atoms with E-state index in [9.17, 15) is 14.9 Å². The Morgan fingerprint density at radius 2 is 1.95 bits per heavy atom. The van der Waals surface area contributed by atoms with Gasteiger partial charge in [-0.1, -0.05) is 26.0 Å². The SMILES string of the molecule is COC(=O)CC(NCc1ccc([N+](=O)[O-])cc1)C(C)C. The Labute approximate surface area is 118 Å². The fraction of sp³-hybridized carbons (Fsp3) is 0.500. The van der Waals surface area contributed by atoms with Crippen LogP contribution in [0.2, 0.25) is 0 Å². The van der Waals surface area contributed by atoms with E-state index in [4.69, 9.17) is 0 Å². The molecule has 0 bridgehead atoms. The molecule has 0 heterocycles. The zero-order valence-electron chi connectivity index (χ0n) is 12.0. The lowest BCUT2D eigenvalue weighted by molar-refractivity contribution is -0.384.